The van der Waals surface area contributed by atoms with E-state index in [1.165, 1.54) is 18.9 Å². The van der Waals surface area contributed by atoms with Crippen LogP contribution in [0.2, 0.25) is 0 Å². The van der Waals surface area contributed by atoms with Crippen molar-refractivity contribution in [3.63, 3.8) is 0 Å². The molecule has 2 fully saturated rings. The van der Waals surface area contributed by atoms with Crippen molar-refractivity contribution < 1.29 is 9.59 Å². The minimum Gasteiger partial charge on any atom is -0.364 e. The van der Waals surface area contributed by atoms with Gasteiger partial charge in [0.25, 0.3) is 5.91 Å². The minimum atomic E-state index is -0.172. The van der Waals surface area contributed by atoms with Crippen molar-refractivity contribution in [1.29, 1.82) is 0 Å². The molecule has 1 aliphatic heterocycles. The van der Waals surface area contributed by atoms with Crippen molar-refractivity contribution in [1.82, 2.24) is 25.2 Å². The van der Waals surface area contributed by atoms with E-state index in [-0.39, 0.29) is 17.9 Å². The van der Waals surface area contributed by atoms with Gasteiger partial charge in [-0.25, -0.2) is 9.97 Å². The first-order valence-electron chi connectivity index (χ1n) is 9.41. The SMILES string of the molecule is C=CC(=O)N1CC(C2CC2)[C@@H](Nc2cnc3[nH]cc(C(=O)NCC)c3n2)C1. The summed E-state index contributed by atoms with van der Waals surface area (Å²) in [4.78, 5) is 38.1. The molecule has 27 heavy (non-hydrogen) atoms. The van der Waals surface area contributed by atoms with Crippen LogP contribution in [0, 0.1) is 11.8 Å². The number of amides is 2. The van der Waals surface area contributed by atoms with Gasteiger partial charge in [-0.2, -0.15) is 0 Å². The molecule has 3 heterocycles. The van der Waals surface area contributed by atoms with Gasteiger partial charge in [0.2, 0.25) is 5.91 Å². The maximum Gasteiger partial charge on any atom is 0.255 e. The van der Waals surface area contributed by atoms with E-state index in [0.29, 0.717) is 47.5 Å². The zero-order valence-corrected chi connectivity index (χ0v) is 15.4. The van der Waals surface area contributed by atoms with Gasteiger partial charge in [0.1, 0.15) is 11.3 Å². The van der Waals surface area contributed by atoms with Gasteiger partial charge >= 0.3 is 0 Å². The average Bonchev–Trinajstić information content (AvgIpc) is 3.29. The molecule has 8 nitrogen and oxygen atoms in total. The Kier molecular flexibility index (Phi) is 4.55. The van der Waals surface area contributed by atoms with Crippen molar-refractivity contribution in [2.75, 3.05) is 25.0 Å². The Bertz CT molecular complexity index is 887. The van der Waals surface area contributed by atoms with Crippen LogP contribution in [0.3, 0.4) is 0 Å². The van der Waals surface area contributed by atoms with Crippen molar-refractivity contribution in [2.45, 2.75) is 25.8 Å². The van der Waals surface area contributed by atoms with Gasteiger partial charge in [0.05, 0.1) is 11.8 Å². The van der Waals surface area contributed by atoms with E-state index >= 15 is 0 Å². The summed E-state index contributed by atoms with van der Waals surface area (Å²) < 4.78 is 0. The number of carbonyl (C=O) groups excluding carboxylic acids is 2. The summed E-state index contributed by atoms with van der Waals surface area (Å²) in [6.07, 6.45) is 7.09. The predicted octanol–water partition coefficient (Wildman–Crippen LogP) is 1.54. The molecule has 0 aromatic carbocycles. The second kappa shape index (κ2) is 7.02. The Balaban J connectivity index is 1.56. The van der Waals surface area contributed by atoms with E-state index in [2.05, 4.69) is 32.2 Å². The van der Waals surface area contributed by atoms with Crippen molar-refractivity contribution in [3.05, 3.63) is 30.6 Å². The molecule has 0 bridgehead atoms. The fraction of sp³-hybridized carbons (Fsp3) is 0.474. The predicted molar refractivity (Wildman–Crippen MR) is 102 cm³/mol. The lowest BCUT2D eigenvalue weighted by atomic mass is 9.98. The zero-order valence-electron chi connectivity index (χ0n) is 15.4. The molecule has 1 aliphatic carbocycles. The molecule has 4 rings (SSSR count). The molecule has 3 N–H and O–H groups in total. The Morgan fingerprint density at radius 3 is 2.93 bits per heavy atom. The Hall–Kier alpha value is -2.90. The molecular weight excluding hydrogens is 344 g/mol. The molecule has 2 atom stereocenters. The molecular formula is C19H24N6O2. The highest BCUT2D eigenvalue weighted by Crippen LogP contribution is 2.42. The lowest BCUT2D eigenvalue weighted by Gasteiger charge is -2.19. The van der Waals surface area contributed by atoms with E-state index in [1.54, 1.807) is 12.4 Å². The number of hydrogen-bond acceptors (Lipinski definition) is 5. The molecule has 8 heteroatoms. The number of nitrogens with zero attached hydrogens (tertiary/aromatic N) is 3. The molecule has 1 saturated heterocycles. The summed E-state index contributed by atoms with van der Waals surface area (Å²) in [7, 11) is 0. The number of fused-ring (bicyclic) bond motifs is 1. The Morgan fingerprint density at radius 2 is 2.22 bits per heavy atom. The summed E-state index contributed by atoms with van der Waals surface area (Å²) in [5.74, 6) is 1.47. The maximum absolute atomic E-state index is 12.2. The Morgan fingerprint density at radius 1 is 1.41 bits per heavy atom. The molecule has 2 aromatic heterocycles. The van der Waals surface area contributed by atoms with Gasteiger partial charge in [-0.3, -0.25) is 9.59 Å². The molecule has 142 valence electrons. The van der Waals surface area contributed by atoms with Gasteiger partial charge < -0.3 is 20.5 Å². The summed E-state index contributed by atoms with van der Waals surface area (Å²) in [6, 6.07) is 0.125. The van der Waals surface area contributed by atoms with E-state index < -0.39 is 0 Å². The third kappa shape index (κ3) is 3.39. The molecule has 1 saturated carbocycles. The lowest BCUT2D eigenvalue weighted by molar-refractivity contribution is -0.125. The fourth-order valence-corrected chi connectivity index (χ4v) is 3.87. The first-order chi connectivity index (χ1) is 13.1. The number of likely N-dealkylation sites (tertiary alicyclic amines) is 1. The maximum atomic E-state index is 12.2. The molecule has 2 aliphatic rings. The Labute approximate surface area is 157 Å². The van der Waals surface area contributed by atoms with Crippen LogP contribution < -0.4 is 10.6 Å². The molecule has 2 amide bonds. The van der Waals surface area contributed by atoms with Gasteiger partial charge in [-0.05, 0) is 31.8 Å². The largest absolute Gasteiger partial charge is 0.364 e. The zero-order chi connectivity index (χ0) is 19.0. The van der Waals surface area contributed by atoms with Crippen molar-refractivity contribution in [3.8, 4) is 0 Å². The summed E-state index contributed by atoms with van der Waals surface area (Å²) in [5, 5.41) is 6.24. The second-order valence-corrected chi connectivity index (χ2v) is 7.21. The monoisotopic (exact) mass is 368 g/mol. The van der Waals surface area contributed by atoms with Crippen molar-refractivity contribution in [2.24, 2.45) is 11.8 Å². The molecule has 0 spiro atoms. The van der Waals surface area contributed by atoms with Gasteiger partial charge in [0, 0.05) is 37.8 Å². The van der Waals surface area contributed by atoms with Crippen LogP contribution in [0.4, 0.5) is 5.82 Å². The number of anilines is 1. The first kappa shape index (κ1) is 17.5. The summed E-state index contributed by atoms with van der Waals surface area (Å²) >= 11 is 0. The number of carbonyl (C=O) groups is 2. The summed E-state index contributed by atoms with van der Waals surface area (Å²) in [6.45, 7) is 7.39. The first-order valence-corrected chi connectivity index (χ1v) is 9.41. The average molecular weight is 368 g/mol. The number of H-pyrrole nitrogens is 1. The highest BCUT2D eigenvalue weighted by atomic mass is 16.2. The quantitative estimate of drug-likeness (QED) is 0.671. The van der Waals surface area contributed by atoms with Crippen LogP contribution in [0.5, 0.6) is 0 Å². The highest BCUT2D eigenvalue weighted by molar-refractivity contribution is 6.04. The number of aromatic nitrogens is 3. The number of hydrogen-bond donors (Lipinski definition) is 3. The summed E-state index contributed by atoms with van der Waals surface area (Å²) in [5.41, 5.74) is 1.61. The smallest absolute Gasteiger partial charge is 0.255 e. The number of rotatable bonds is 6. The second-order valence-electron chi connectivity index (χ2n) is 7.21. The van der Waals surface area contributed by atoms with Crippen LogP contribution in [0.25, 0.3) is 11.2 Å². The minimum absolute atomic E-state index is 0.0318. The topological polar surface area (TPSA) is 103 Å². The van der Waals surface area contributed by atoms with Gasteiger partial charge in [-0.1, -0.05) is 6.58 Å². The lowest BCUT2D eigenvalue weighted by Crippen LogP contribution is -2.31. The van der Waals surface area contributed by atoms with E-state index in [4.69, 9.17) is 0 Å². The molecule has 1 unspecified atom stereocenters. The van der Waals surface area contributed by atoms with Crippen LogP contribution >= 0.6 is 0 Å². The van der Waals surface area contributed by atoms with Crippen LogP contribution in [-0.4, -0.2) is 57.3 Å². The van der Waals surface area contributed by atoms with Crippen LogP contribution in [0.1, 0.15) is 30.1 Å². The van der Waals surface area contributed by atoms with Crippen LogP contribution in [-0.2, 0) is 4.79 Å². The normalized spacial score (nSPS) is 22.0. The van der Waals surface area contributed by atoms with Gasteiger partial charge in [-0.15, -0.1) is 0 Å². The van der Waals surface area contributed by atoms with Gasteiger partial charge in [0.15, 0.2) is 5.65 Å². The van der Waals surface area contributed by atoms with E-state index in [1.807, 2.05) is 11.8 Å². The third-order valence-corrected chi connectivity index (χ3v) is 5.37. The fourth-order valence-electron chi connectivity index (χ4n) is 3.87. The standard InChI is InChI=1S/C19H24N6O2/c1-3-16(26)25-9-13(11-5-6-11)14(10-25)23-15-8-22-18-17(24-15)12(7-21-18)19(27)20-4-2/h3,7-8,11,13-14H,1,4-6,9-10H2,2H3,(H,20,27)(H,21,22)(H,23,24)/t13?,14-/m0/s1. The van der Waals surface area contributed by atoms with E-state index in [0.717, 1.165) is 6.54 Å². The molecule has 0 radical (unpaired) electrons. The van der Waals surface area contributed by atoms with E-state index in [9.17, 15) is 9.59 Å². The van der Waals surface area contributed by atoms with Crippen molar-refractivity contribution >= 4 is 28.8 Å². The number of aromatic amines is 1. The van der Waals surface area contributed by atoms with Crippen LogP contribution in [0.15, 0.2) is 25.0 Å². The third-order valence-electron chi connectivity index (χ3n) is 5.37. The number of nitrogens with one attached hydrogen (secondary N) is 3. The highest BCUT2D eigenvalue weighted by Gasteiger charge is 2.43. The molecule has 2 aromatic rings.